The molecule has 1 aromatic rings. The Labute approximate surface area is 138 Å². The van der Waals surface area contributed by atoms with Crippen LogP contribution < -0.4 is 10.6 Å². The summed E-state index contributed by atoms with van der Waals surface area (Å²) in [7, 11) is 1.98. The van der Waals surface area contributed by atoms with E-state index in [-0.39, 0.29) is 5.91 Å². The molecule has 22 heavy (non-hydrogen) atoms. The van der Waals surface area contributed by atoms with Crippen LogP contribution in [-0.4, -0.2) is 44.0 Å². The van der Waals surface area contributed by atoms with Crippen LogP contribution >= 0.6 is 11.6 Å². The molecule has 1 aromatic carbocycles. The summed E-state index contributed by atoms with van der Waals surface area (Å²) in [5.74, 6) is 0.648. The zero-order valence-corrected chi connectivity index (χ0v) is 14.5. The molecule has 0 bridgehead atoms. The van der Waals surface area contributed by atoms with Crippen molar-refractivity contribution in [2.75, 3.05) is 38.5 Å². The Bertz CT molecular complexity index is 508. The van der Waals surface area contributed by atoms with Crippen molar-refractivity contribution in [2.45, 2.75) is 26.7 Å². The van der Waals surface area contributed by atoms with Gasteiger partial charge in [-0.2, -0.15) is 0 Å². The molecule has 0 aromatic heterocycles. The van der Waals surface area contributed by atoms with Crippen LogP contribution in [-0.2, 0) is 4.79 Å². The molecule has 1 atom stereocenters. The highest BCUT2D eigenvalue weighted by molar-refractivity contribution is 6.34. The van der Waals surface area contributed by atoms with Gasteiger partial charge < -0.3 is 10.6 Å². The summed E-state index contributed by atoms with van der Waals surface area (Å²) in [6.07, 6.45) is 2.39. The highest BCUT2D eigenvalue weighted by Gasteiger charge is 2.21. The van der Waals surface area contributed by atoms with Gasteiger partial charge in [-0.25, -0.2) is 0 Å². The average Bonchev–Trinajstić information content (AvgIpc) is 2.43. The summed E-state index contributed by atoms with van der Waals surface area (Å²) in [6, 6.07) is 3.92. The SMILES string of the molecule is CNCC1CCCN(CC(=O)Nc2c(C)cc(C)cc2Cl)C1. The molecule has 1 unspecified atom stereocenters. The van der Waals surface area contributed by atoms with Crippen molar-refractivity contribution in [3.8, 4) is 0 Å². The lowest BCUT2D eigenvalue weighted by molar-refractivity contribution is -0.117. The minimum Gasteiger partial charge on any atom is -0.323 e. The number of carbonyl (C=O) groups excluding carboxylic acids is 1. The number of halogens is 1. The number of piperidine rings is 1. The van der Waals surface area contributed by atoms with Crippen molar-refractivity contribution in [1.82, 2.24) is 10.2 Å². The van der Waals surface area contributed by atoms with E-state index in [9.17, 15) is 4.79 Å². The number of benzene rings is 1. The summed E-state index contributed by atoms with van der Waals surface area (Å²) in [6.45, 7) is 7.40. The van der Waals surface area contributed by atoms with Gasteiger partial charge in [0.2, 0.25) is 5.91 Å². The first-order valence-corrected chi connectivity index (χ1v) is 8.31. The smallest absolute Gasteiger partial charge is 0.238 e. The number of aryl methyl sites for hydroxylation is 2. The fourth-order valence-electron chi connectivity index (χ4n) is 3.21. The molecule has 2 rings (SSSR count). The van der Waals surface area contributed by atoms with Crippen molar-refractivity contribution in [2.24, 2.45) is 5.92 Å². The average molecular weight is 324 g/mol. The number of hydrogen-bond acceptors (Lipinski definition) is 3. The normalized spacial score (nSPS) is 19.2. The quantitative estimate of drug-likeness (QED) is 0.875. The Morgan fingerprint density at radius 3 is 2.86 bits per heavy atom. The summed E-state index contributed by atoms with van der Waals surface area (Å²) >= 11 is 6.25. The molecule has 0 aliphatic carbocycles. The van der Waals surface area contributed by atoms with Gasteiger partial charge in [-0.3, -0.25) is 9.69 Å². The minimum absolute atomic E-state index is 0.0129. The van der Waals surface area contributed by atoms with Gasteiger partial charge in [-0.1, -0.05) is 17.7 Å². The second kappa shape index (κ2) is 7.95. The second-order valence-electron chi connectivity index (χ2n) is 6.29. The maximum absolute atomic E-state index is 12.3. The van der Waals surface area contributed by atoms with Crippen LogP contribution in [0.2, 0.25) is 5.02 Å². The molecule has 2 N–H and O–H groups in total. The Kier molecular flexibility index (Phi) is 6.24. The first-order valence-electron chi connectivity index (χ1n) is 7.93. The molecule has 1 aliphatic heterocycles. The largest absolute Gasteiger partial charge is 0.323 e. The molecule has 1 heterocycles. The van der Waals surface area contributed by atoms with Crippen LogP contribution in [0, 0.1) is 19.8 Å². The van der Waals surface area contributed by atoms with E-state index < -0.39 is 0 Å². The fourth-order valence-corrected chi connectivity index (χ4v) is 3.57. The lowest BCUT2D eigenvalue weighted by Gasteiger charge is -2.32. The first kappa shape index (κ1) is 17.3. The van der Waals surface area contributed by atoms with E-state index in [4.69, 9.17) is 11.6 Å². The van der Waals surface area contributed by atoms with E-state index in [1.165, 1.54) is 6.42 Å². The third-order valence-electron chi connectivity index (χ3n) is 4.16. The third kappa shape index (κ3) is 4.70. The highest BCUT2D eigenvalue weighted by Crippen LogP contribution is 2.27. The Hall–Kier alpha value is -1.10. The van der Waals surface area contributed by atoms with Crippen molar-refractivity contribution in [3.63, 3.8) is 0 Å². The fraction of sp³-hybridized carbons (Fsp3) is 0.588. The predicted molar refractivity (Wildman–Crippen MR) is 92.6 cm³/mol. The summed E-state index contributed by atoms with van der Waals surface area (Å²) < 4.78 is 0. The topological polar surface area (TPSA) is 44.4 Å². The van der Waals surface area contributed by atoms with Crippen LogP contribution in [0.5, 0.6) is 0 Å². The first-order chi connectivity index (χ1) is 10.5. The standard InChI is InChI=1S/C17H26ClN3O/c1-12-7-13(2)17(15(18)8-12)20-16(22)11-21-6-4-5-14(10-21)9-19-3/h7-8,14,19H,4-6,9-11H2,1-3H3,(H,20,22). The van der Waals surface area contributed by atoms with Crippen LogP contribution in [0.1, 0.15) is 24.0 Å². The van der Waals surface area contributed by atoms with Gasteiger partial charge in [0.25, 0.3) is 0 Å². The molecular formula is C17H26ClN3O. The van der Waals surface area contributed by atoms with Crippen molar-refractivity contribution < 1.29 is 4.79 Å². The van der Waals surface area contributed by atoms with Gasteiger partial charge in [0.15, 0.2) is 0 Å². The highest BCUT2D eigenvalue weighted by atomic mass is 35.5. The molecule has 5 heteroatoms. The molecule has 1 fully saturated rings. The summed E-state index contributed by atoms with van der Waals surface area (Å²) in [5.41, 5.74) is 2.84. The van der Waals surface area contributed by atoms with Gasteiger partial charge in [0.1, 0.15) is 0 Å². The van der Waals surface area contributed by atoms with Crippen LogP contribution in [0.25, 0.3) is 0 Å². The third-order valence-corrected chi connectivity index (χ3v) is 4.46. The Balaban J connectivity index is 1.93. The van der Waals surface area contributed by atoms with Gasteiger partial charge >= 0.3 is 0 Å². The number of likely N-dealkylation sites (tertiary alicyclic amines) is 1. The molecular weight excluding hydrogens is 298 g/mol. The Morgan fingerprint density at radius 1 is 1.41 bits per heavy atom. The van der Waals surface area contributed by atoms with Crippen LogP contribution in [0.4, 0.5) is 5.69 Å². The predicted octanol–water partition coefficient (Wildman–Crippen LogP) is 2.83. The summed E-state index contributed by atoms with van der Waals surface area (Å²) in [4.78, 5) is 14.5. The van der Waals surface area contributed by atoms with E-state index in [2.05, 4.69) is 15.5 Å². The molecule has 0 spiro atoms. The van der Waals surface area contributed by atoms with Gasteiger partial charge in [-0.05, 0) is 69.9 Å². The minimum atomic E-state index is 0.0129. The number of anilines is 1. The number of nitrogens with one attached hydrogen (secondary N) is 2. The molecule has 1 saturated heterocycles. The van der Waals surface area contributed by atoms with E-state index in [0.717, 1.165) is 42.9 Å². The van der Waals surface area contributed by atoms with Gasteiger partial charge in [0.05, 0.1) is 17.3 Å². The number of amides is 1. The molecule has 4 nitrogen and oxygen atoms in total. The van der Waals surface area contributed by atoms with Crippen molar-refractivity contribution in [3.05, 3.63) is 28.3 Å². The van der Waals surface area contributed by atoms with Crippen molar-refractivity contribution >= 4 is 23.2 Å². The van der Waals surface area contributed by atoms with E-state index in [1.807, 2.05) is 33.0 Å². The number of hydrogen-bond donors (Lipinski definition) is 2. The number of carbonyl (C=O) groups is 1. The molecule has 1 aliphatic rings. The maximum atomic E-state index is 12.3. The van der Waals surface area contributed by atoms with Crippen LogP contribution in [0.3, 0.4) is 0 Å². The van der Waals surface area contributed by atoms with Crippen LogP contribution in [0.15, 0.2) is 12.1 Å². The monoisotopic (exact) mass is 323 g/mol. The van der Waals surface area contributed by atoms with Crippen molar-refractivity contribution in [1.29, 1.82) is 0 Å². The zero-order valence-electron chi connectivity index (χ0n) is 13.7. The van der Waals surface area contributed by atoms with Gasteiger partial charge in [-0.15, -0.1) is 0 Å². The number of nitrogens with zero attached hydrogens (tertiary/aromatic N) is 1. The number of rotatable bonds is 5. The Morgan fingerprint density at radius 2 is 2.18 bits per heavy atom. The molecule has 1 amide bonds. The zero-order chi connectivity index (χ0) is 16.1. The molecule has 122 valence electrons. The second-order valence-corrected chi connectivity index (χ2v) is 6.70. The van der Waals surface area contributed by atoms with E-state index >= 15 is 0 Å². The lowest BCUT2D eigenvalue weighted by atomic mass is 9.98. The van der Waals surface area contributed by atoms with Gasteiger partial charge in [0, 0.05) is 6.54 Å². The lowest BCUT2D eigenvalue weighted by Crippen LogP contribution is -2.42. The summed E-state index contributed by atoms with van der Waals surface area (Å²) in [5, 5.41) is 6.81. The van der Waals surface area contributed by atoms with E-state index in [1.54, 1.807) is 0 Å². The molecule has 0 radical (unpaired) electrons. The maximum Gasteiger partial charge on any atom is 0.238 e. The molecule has 0 saturated carbocycles. The van der Waals surface area contributed by atoms with E-state index in [0.29, 0.717) is 17.5 Å².